The van der Waals surface area contributed by atoms with E-state index in [1.165, 1.54) is 0 Å². The normalized spacial score (nSPS) is 17.6. The van der Waals surface area contributed by atoms with Gasteiger partial charge in [-0.25, -0.2) is 14.6 Å². The molecule has 6 rings (SSSR count). The van der Waals surface area contributed by atoms with Crippen molar-refractivity contribution in [2.24, 2.45) is 5.41 Å². The predicted molar refractivity (Wildman–Crippen MR) is 163 cm³/mol. The highest BCUT2D eigenvalue weighted by atomic mass is 35.5. The largest absolute Gasteiger partial charge is 0.487 e. The number of anilines is 2. The van der Waals surface area contributed by atoms with E-state index in [4.69, 9.17) is 21.4 Å². The molecule has 43 heavy (non-hydrogen) atoms. The van der Waals surface area contributed by atoms with Crippen LogP contribution in [0.15, 0.2) is 43.1 Å². The van der Waals surface area contributed by atoms with Gasteiger partial charge in [0.2, 0.25) is 5.95 Å². The van der Waals surface area contributed by atoms with E-state index in [0.29, 0.717) is 34.7 Å². The molecule has 12 nitrogen and oxygen atoms in total. The molecule has 0 radical (unpaired) electrons. The van der Waals surface area contributed by atoms with Gasteiger partial charge in [-0.05, 0) is 73.1 Å². The van der Waals surface area contributed by atoms with Crippen LogP contribution in [0.25, 0.3) is 11.1 Å². The van der Waals surface area contributed by atoms with Crippen molar-refractivity contribution in [2.75, 3.05) is 25.0 Å². The first-order valence-corrected chi connectivity index (χ1v) is 15.1. The lowest BCUT2D eigenvalue weighted by Gasteiger charge is -2.59. The van der Waals surface area contributed by atoms with Crippen molar-refractivity contribution in [2.45, 2.75) is 77.7 Å². The fourth-order valence-corrected chi connectivity index (χ4v) is 6.44. The van der Waals surface area contributed by atoms with Gasteiger partial charge in [0.15, 0.2) is 0 Å². The molecule has 1 aliphatic carbocycles. The minimum absolute atomic E-state index is 0.192. The van der Waals surface area contributed by atoms with Crippen molar-refractivity contribution < 1.29 is 9.84 Å². The zero-order chi connectivity index (χ0) is 30.4. The molecular weight excluding hydrogens is 568 g/mol. The van der Waals surface area contributed by atoms with Gasteiger partial charge >= 0.3 is 0 Å². The Hall–Kier alpha value is -3.61. The number of ether oxygens (including phenoxy) is 1. The first-order valence-electron chi connectivity index (χ1n) is 14.8. The second-order valence-electron chi connectivity index (χ2n) is 13.1. The van der Waals surface area contributed by atoms with Crippen molar-refractivity contribution in [3.05, 3.63) is 53.8 Å². The molecule has 0 unspecified atom stereocenters. The Balaban J connectivity index is 1.09. The Kier molecular flexibility index (Phi) is 7.86. The number of halogens is 1. The van der Waals surface area contributed by atoms with Crippen LogP contribution in [0.3, 0.4) is 0 Å². The zero-order valence-electron chi connectivity index (χ0n) is 25.3. The number of tetrazole rings is 1. The van der Waals surface area contributed by atoms with Crippen molar-refractivity contribution in [1.29, 1.82) is 0 Å². The molecule has 1 aliphatic heterocycles. The average molecular weight is 607 g/mol. The summed E-state index contributed by atoms with van der Waals surface area (Å²) in [4.78, 5) is 11.6. The first kappa shape index (κ1) is 29.5. The van der Waals surface area contributed by atoms with Gasteiger partial charge in [0.25, 0.3) is 0 Å². The lowest BCUT2D eigenvalue weighted by atomic mass is 9.60. The summed E-state index contributed by atoms with van der Waals surface area (Å²) in [6.45, 7) is 13.3. The van der Waals surface area contributed by atoms with Crippen LogP contribution in [-0.4, -0.2) is 81.3 Å². The van der Waals surface area contributed by atoms with E-state index >= 15 is 0 Å². The van der Waals surface area contributed by atoms with E-state index in [1.807, 2.05) is 39.0 Å². The Morgan fingerprint density at radius 2 is 1.88 bits per heavy atom. The molecule has 3 aromatic heterocycles. The minimum Gasteiger partial charge on any atom is -0.487 e. The van der Waals surface area contributed by atoms with Crippen LogP contribution < -0.4 is 10.1 Å². The summed E-state index contributed by atoms with van der Waals surface area (Å²) in [5, 5.41) is 30.2. The molecule has 2 aliphatic rings. The second-order valence-corrected chi connectivity index (χ2v) is 13.5. The van der Waals surface area contributed by atoms with Crippen molar-refractivity contribution >= 4 is 23.2 Å². The van der Waals surface area contributed by atoms with Gasteiger partial charge in [0.05, 0.1) is 34.6 Å². The van der Waals surface area contributed by atoms with Gasteiger partial charge in [-0.2, -0.15) is 5.10 Å². The van der Waals surface area contributed by atoms with Crippen LogP contribution >= 0.6 is 11.6 Å². The van der Waals surface area contributed by atoms with Gasteiger partial charge in [0, 0.05) is 43.8 Å². The van der Waals surface area contributed by atoms with Gasteiger partial charge in [-0.1, -0.05) is 31.5 Å². The summed E-state index contributed by atoms with van der Waals surface area (Å²) in [6.07, 6.45) is 9.26. The van der Waals surface area contributed by atoms with Crippen LogP contribution in [-0.2, 0) is 6.54 Å². The topological polar surface area (TPSA) is 132 Å². The Morgan fingerprint density at radius 1 is 1.14 bits per heavy atom. The highest BCUT2D eigenvalue weighted by Gasteiger charge is 2.53. The number of aromatic nitrogens is 8. The summed E-state index contributed by atoms with van der Waals surface area (Å²) in [5.74, 6) is 1.33. The number of nitrogens with zero attached hydrogens (tertiary/aromatic N) is 9. The summed E-state index contributed by atoms with van der Waals surface area (Å²) in [7, 11) is 0. The van der Waals surface area contributed by atoms with Crippen LogP contribution in [0.2, 0.25) is 5.02 Å². The predicted octanol–water partition coefficient (Wildman–Crippen LogP) is 4.72. The van der Waals surface area contributed by atoms with E-state index < -0.39 is 5.60 Å². The van der Waals surface area contributed by atoms with E-state index in [9.17, 15) is 5.11 Å². The standard InChI is InChI=1S/C30H39ClN10O2/c1-19(2)27-25(14-41(36-27)23-9-30(10-23)16-39(17-30)15-29(4,5)42)35-28-32-11-22(12-33-28)21-6-7-24(31)26(8-21)43-20(3)13-40-18-34-37-38-40/h6-8,11-12,14,18-20,23,42H,9-10,13,15-17H2,1-5H3,(H,32,33,35)/t20-/m0/s1. The van der Waals surface area contributed by atoms with E-state index in [2.05, 4.69) is 60.4 Å². The van der Waals surface area contributed by atoms with Gasteiger partial charge in [0.1, 0.15) is 18.2 Å². The maximum Gasteiger partial charge on any atom is 0.227 e. The van der Waals surface area contributed by atoms with Crippen molar-refractivity contribution in [1.82, 2.24) is 44.9 Å². The molecule has 4 heterocycles. The summed E-state index contributed by atoms with van der Waals surface area (Å²) >= 11 is 6.43. The average Bonchev–Trinajstić information content (AvgIpc) is 3.56. The van der Waals surface area contributed by atoms with Crippen molar-refractivity contribution in [3.63, 3.8) is 0 Å². The maximum atomic E-state index is 10.1. The fraction of sp³-hybridized carbons (Fsp3) is 0.533. The molecular formula is C30H39ClN10O2. The molecule has 2 fully saturated rings. The van der Waals surface area contributed by atoms with E-state index in [1.54, 1.807) is 23.4 Å². The smallest absolute Gasteiger partial charge is 0.227 e. The highest BCUT2D eigenvalue weighted by molar-refractivity contribution is 6.32. The molecule has 1 atom stereocenters. The van der Waals surface area contributed by atoms with E-state index in [0.717, 1.165) is 55.0 Å². The van der Waals surface area contributed by atoms with E-state index in [-0.39, 0.29) is 12.0 Å². The third-order valence-electron chi connectivity index (χ3n) is 8.07. The molecule has 1 saturated heterocycles. The monoisotopic (exact) mass is 606 g/mol. The number of rotatable bonds is 11. The molecule has 4 aromatic rings. The summed E-state index contributed by atoms with van der Waals surface area (Å²) < 4.78 is 9.81. The SMILES string of the molecule is CC(C)c1nn(C2CC3(C2)CN(CC(C)(C)O)C3)cc1Nc1ncc(-c2ccc(Cl)c(O[C@@H](C)Cn3cnnn3)c2)cn1. The van der Waals surface area contributed by atoms with Gasteiger partial charge in [-0.15, -0.1) is 5.10 Å². The lowest BCUT2D eigenvalue weighted by Crippen LogP contribution is -2.64. The number of hydrogen-bond donors (Lipinski definition) is 2. The number of benzene rings is 1. The van der Waals surface area contributed by atoms with Crippen molar-refractivity contribution in [3.8, 4) is 16.9 Å². The molecule has 1 aromatic carbocycles. The van der Waals surface area contributed by atoms with Gasteiger partial charge < -0.3 is 15.2 Å². The zero-order valence-corrected chi connectivity index (χ0v) is 26.0. The quantitative estimate of drug-likeness (QED) is 0.247. The molecule has 0 amide bonds. The van der Waals surface area contributed by atoms with Gasteiger partial charge in [-0.3, -0.25) is 9.58 Å². The summed E-state index contributed by atoms with van der Waals surface area (Å²) in [5.41, 5.74) is 3.39. The number of aliphatic hydroxyl groups is 1. The molecule has 2 N–H and O–H groups in total. The number of β-amino-alcohol motifs (C(OH)–C–C–N with tert-alkyl or cyclic N) is 1. The molecule has 228 valence electrons. The Morgan fingerprint density at radius 3 is 2.53 bits per heavy atom. The van der Waals surface area contributed by atoms with Crippen LogP contribution in [0, 0.1) is 5.41 Å². The molecule has 1 spiro atoms. The Bertz CT molecular complexity index is 1530. The fourth-order valence-electron chi connectivity index (χ4n) is 6.28. The van der Waals surface area contributed by atoms with Crippen LogP contribution in [0.1, 0.15) is 65.1 Å². The summed E-state index contributed by atoms with van der Waals surface area (Å²) in [6, 6.07) is 6.01. The Labute approximate surface area is 256 Å². The number of likely N-dealkylation sites (tertiary alicyclic amines) is 1. The second kappa shape index (κ2) is 11.5. The number of nitrogens with one attached hydrogen (secondary N) is 1. The third kappa shape index (κ3) is 6.66. The molecule has 1 saturated carbocycles. The number of hydrogen-bond acceptors (Lipinski definition) is 10. The van der Waals surface area contributed by atoms with Crippen LogP contribution in [0.4, 0.5) is 11.6 Å². The molecule has 13 heteroatoms. The third-order valence-corrected chi connectivity index (χ3v) is 8.39. The molecule has 0 bridgehead atoms. The van der Waals surface area contributed by atoms with Crippen LogP contribution in [0.5, 0.6) is 5.75 Å². The highest BCUT2D eigenvalue weighted by Crippen LogP contribution is 2.54. The first-order chi connectivity index (χ1) is 20.5. The lowest BCUT2D eigenvalue weighted by molar-refractivity contribution is -0.115. The minimum atomic E-state index is -0.650. The maximum absolute atomic E-state index is 10.1.